The Balaban J connectivity index is 1.51. The summed E-state index contributed by atoms with van der Waals surface area (Å²) in [5, 5.41) is 3.00. The number of benzene rings is 1. The maximum Gasteiger partial charge on any atom is 0.227 e. The summed E-state index contributed by atoms with van der Waals surface area (Å²) in [6.07, 6.45) is 4.22. The van der Waals surface area contributed by atoms with Crippen LogP contribution < -0.4 is 4.74 Å². The molecule has 0 N–H and O–H groups in total. The summed E-state index contributed by atoms with van der Waals surface area (Å²) >= 11 is 1.67. The standard InChI is InChI=1S/C21H23NO4S/c1-24-16-6-7-19-15(14-26-20(19)11-16)10-21(23)22(12-17-4-2-8-25-17)13-18-5-3-9-27-18/h3,5-7,9,11,14,17H,2,4,8,10,12-13H2,1H3. The molecule has 2 aromatic heterocycles. The first-order chi connectivity index (χ1) is 13.2. The Labute approximate surface area is 162 Å². The zero-order valence-corrected chi connectivity index (χ0v) is 16.2. The molecule has 3 heterocycles. The highest BCUT2D eigenvalue weighted by atomic mass is 32.1. The molecular formula is C21H23NO4S. The molecule has 1 aliphatic rings. The first-order valence-corrected chi connectivity index (χ1v) is 10.1. The van der Waals surface area contributed by atoms with Crippen molar-refractivity contribution in [2.45, 2.75) is 31.9 Å². The molecule has 1 atom stereocenters. The van der Waals surface area contributed by atoms with E-state index in [2.05, 4.69) is 6.07 Å². The fourth-order valence-electron chi connectivity index (χ4n) is 3.48. The number of thiophene rings is 1. The van der Waals surface area contributed by atoms with E-state index in [4.69, 9.17) is 13.9 Å². The van der Waals surface area contributed by atoms with Gasteiger partial charge in [-0.15, -0.1) is 11.3 Å². The molecule has 0 spiro atoms. The predicted molar refractivity (Wildman–Crippen MR) is 105 cm³/mol. The largest absolute Gasteiger partial charge is 0.497 e. The summed E-state index contributed by atoms with van der Waals surface area (Å²) in [5.74, 6) is 0.838. The van der Waals surface area contributed by atoms with Crippen molar-refractivity contribution in [2.75, 3.05) is 20.3 Å². The van der Waals surface area contributed by atoms with Crippen LogP contribution in [0.25, 0.3) is 11.0 Å². The third kappa shape index (κ3) is 4.17. The van der Waals surface area contributed by atoms with Crippen LogP contribution in [0.15, 0.2) is 46.4 Å². The molecule has 1 aromatic carbocycles. The second kappa shape index (κ2) is 8.15. The van der Waals surface area contributed by atoms with Gasteiger partial charge in [0.05, 0.1) is 32.4 Å². The van der Waals surface area contributed by atoms with E-state index in [1.807, 2.05) is 34.5 Å². The smallest absolute Gasteiger partial charge is 0.227 e. The van der Waals surface area contributed by atoms with Crippen molar-refractivity contribution in [3.05, 3.63) is 52.4 Å². The number of carbonyl (C=O) groups is 1. The highest BCUT2D eigenvalue weighted by Gasteiger charge is 2.24. The van der Waals surface area contributed by atoms with Crippen molar-refractivity contribution in [3.63, 3.8) is 0 Å². The van der Waals surface area contributed by atoms with E-state index < -0.39 is 0 Å². The second-order valence-electron chi connectivity index (χ2n) is 6.79. The molecule has 1 saturated heterocycles. The van der Waals surface area contributed by atoms with E-state index in [1.54, 1.807) is 24.7 Å². The normalized spacial score (nSPS) is 16.7. The molecule has 0 radical (unpaired) electrons. The van der Waals surface area contributed by atoms with Crippen molar-refractivity contribution in [3.8, 4) is 5.75 Å². The van der Waals surface area contributed by atoms with Crippen LogP contribution in [0.5, 0.6) is 5.75 Å². The molecular weight excluding hydrogens is 362 g/mol. The molecule has 3 aromatic rings. The number of methoxy groups -OCH3 is 1. The van der Waals surface area contributed by atoms with Crippen LogP contribution in [0.2, 0.25) is 0 Å². The third-order valence-electron chi connectivity index (χ3n) is 4.93. The van der Waals surface area contributed by atoms with Crippen LogP contribution in [-0.2, 0) is 22.5 Å². The zero-order chi connectivity index (χ0) is 18.6. The number of fused-ring (bicyclic) bond motifs is 1. The van der Waals surface area contributed by atoms with Crippen LogP contribution >= 0.6 is 11.3 Å². The lowest BCUT2D eigenvalue weighted by atomic mass is 10.1. The van der Waals surface area contributed by atoms with Crippen LogP contribution in [0.1, 0.15) is 23.3 Å². The number of hydrogen-bond donors (Lipinski definition) is 0. The van der Waals surface area contributed by atoms with Crippen LogP contribution in [0.3, 0.4) is 0 Å². The molecule has 1 fully saturated rings. The Kier molecular flexibility index (Phi) is 5.45. The highest BCUT2D eigenvalue weighted by Crippen LogP contribution is 2.27. The Morgan fingerprint density at radius 3 is 3.04 bits per heavy atom. The van der Waals surface area contributed by atoms with Gasteiger partial charge in [0.15, 0.2) is 0 Å². The van der Waals surface area contributed by atoms with Crippen molar-refractivity contribution < 1.29 is 18.7 Å². The van der Waals surface area contributed by atoms with Gasteiger partial charge in [-0.05, 0) is 36.4 Å². The average Bonchev–Trinajstić information content (AvgIpc) is 3.43. The fourth-order valence-corrected chi connectivity index (χ4v) is 4.20. The Bertz CT molecular complexity index is 896. The number of ether oxygens (including phenoxy) is 2. The minimum Gasteiger partial charge on any atom is -0.497 e. The summed E-state index contributed by atoms with van der Waals surface area (Å²) in [4.78, 5) is 16.2. The molecule has 5 nitrogen and oxygen atoms in total. The molecule has 27 heavy (non-hydrogen) atoms. The van der Waals surface area contributed by atoms with Gasteiger partial charge in [0, 0.05) is 35.0 Å². The number of furan rings is 1. The van der Waals surface area contributed by atoms with Gasteiger partial charge < -0.3 is 18.8 Å². The number of hydrogen-bond acceptors (Lipinski definition) is 5. The molecule has 1 aliphatic heterocycles. The molecule has 4 rings (SSSR count). The van der Waals surface area contributed by atoms with E-state index in [0.29, 0.717) is 19.5 Å². The maximum absolute atomic E-state index is 13.1. The molecule has 0 saturated carbocycles. The molecule has 0 bridgehead atoms. The summed E-state index contributed by atoms with van der Waals surface area (Å²) in [5.41, 5.74) is 1.64. The van der Waals surface area contributed by atoms with E-state index >= 15 is 0 Å². The van der Waals surface area contributed by atoms with Crippen LogP contribution in [-0.4, -0.2) is 37.2 Å². The Morgan fingerprint density at radius 1 is 1.37 bits per heavy atom. The number of rotatable bonds is 7. The Morgan fingerprint density at radius 2 is 2.30 bits per heavy atom. The lowest BCUT2D eigenvalue weighted by Crippen LogP contribution is -2.37. The highest BCUT2D eigenvalue weighted by molar-refractivity contribution is 7.09. The minimum absolute atomic E-state index is 0.0948. The molecule has 142 valence electrons. The van der Waals surface area contributed by atoms with Gasteiger partial charge in [0.2, 0.25) is 5.91 Å². The van der Waals surface area contributed by atoms with E-state index in [9.17, 15) is 4.79 Å². The summed E-state index contributed by atoms with van der Waals surface area (Å²) in [7, 11) is 1.63. The van der Waals surface area contributed by atoms with Gasteiger partial charge in [-0.1, -0.05) is 6.07 Å². The molecule has 0 aliphatic carbocycles. The molecule has 1 unspecified atom stereocenters. The van der Waals surface area contributed by atoms with Crippen molar-refractivity contribution >= 4 is 28.2 Å². The van der Waals surface area contributed by atoms with Gasteiger partial charge in [-0.3, -0.25) is 4.79 Å². The minimum atomic E-state index is 0.0948. The summed E-state index contributed by atoms with van der Waals surface area (Å²) in [6.45, 7) is 2.06. The predicted octanol–water partition coefficient (Wildman–Crippen LogP) is 4.25. The quantitative estimate of drug-likeness (QED) is 0.610. The van der Waals surface area contributed by atoms with E-state index in [-0.39, 0.29) is 12.0 Å². The first kappa shape index (κ1) is 18.1. The van der Waals surface area contributed by atoms with Crippen LogP contribution in [0.4, 0.5) is 0 Å². The zero-order valence-electron chi connectivity index (χ0n) is 15.3. The van der Waals surface area contributed by atoms with Gasteiger partial charge >= 0.3 is 0 Å². The monoisotopic (exact) mass is 385 g/mol. The lowest BCUT2D eigenvalue weighted by Gasteiger charge is -2.25. The van der Waals surface area contributed by atoms with Gasteiger partial charge in [0.25, 0.3) is 0 Å². The maximum atomic E-state index is 13.1. The van der Waals surface area contributed by atoms with Gasteiger partial charge in [-0.25, -0.2) is 0 Å². The number of amides is 1. The summed E-state index contributed by atoms with van der Waals surface area (Å²) < 4.78 is 16.6. The number of nitrogens with zero attached hydrogens (tertiary/aromatic N) is 1. The van der Waals surface area contributed by atoms with E-state index in [1.165, 1.54) is 4.88 Å². The number of carbonyl (C=O) groups excluding carboxylic acids is 1. The van der Waals surface area contributed by atoms with Gasteiger partial charge in [-0.2, -0.15) is 0 Å². The first-order valence-electron chi connectivity index (χ1n) is 9.19. The third-order valence-corrected chi connectivity index (χ3v) is 5.79. The SMILES string of the molecule is COc1ccc2c(CC(=O)N(Cc3cccs3)CC3CCCO3)coc2c1. The van der Waals surface area contributed by atoms with Gasteiger partial charge in [0.1, 0.15) is 11.3 Å². The topological polar surface area (TPSA) is 51.9 Å². The van der Waals surface area contributed by atoms with Crippen molar-refractivity contribution in [1.29, 1.82) is 0 Å². The van der Waals surface area contributed by atoms with E-state index in [0.717, 1.165) is 41.7 Å². The fraction of sp³-hybridized carbons (Fsp3) is 0.381. The average molecular weight is 385 g/mol. The van der Waals surface area contributed by atoms with Crippen molar-refractivity contribution in [1.82, 2.24) is 4.90 Å². The van der Waals surface area contributed by atoms with Crippen molar-refractivity contribution in [2.24, 2.45) is 0 Å². The summed E-state index contributed by atoms with van der Waals surface area (Å²) in [6, 6.07) is 9.77. The molecule has 1 amide bonds. The molecule has 6 heteroatoms. The van der Waals surface area contributed by atoms with Crippen LogP contribution in [0, 0.1) is 0 Å². The second-order valence-corrected chi connectivity index (χ2v) is 7.82. The lowest BCUT2D eigenvalue weighted by molar-refractivity contribution is -0.132. The Hall–Kier alpha value is -2.31.